The topological polar surface area (TPSA) is 42.0 Å². The van der Waals surface area contributed by atoms with Gasteiger partial charge in [-0.15, -0.1) is 0 Å². The number of amides is 1. The van der Waals surface area contributed by atoms with Gasteiger partial charge in [-0.05, 0) is 24.3 Å². The third-order valence-corrected chi connectivity index (χ3v) is 2.77. The normalized spacial score (nSPS) is 10.3. The Hall–Kier alpha value is -1.72. The molecule has 0 spiro atoms. The predicted octanol–water partition coefficient (Wildman–Crippen LogP) is 3.92. The largest absolute Gasteiger partial charge is 0.322 e. The molecule has 2 rings (SSSR count). The highest BCUT2D eigenvalue weighted by Crippen LogP contribution is 2.21. The number of rotatable bonds is 2. The van der Waals surface area contributed by atoms with Crippen LogP contribution < -0.4 is 5.32 Å². The summed E-state index contributed by atoms with van der Waals surface area (Å²) in [6, 6.07) is 6.12. The van der Waals surface area contributed by atoms with E-state index in [-0.39, 0.29) is 16.4 Å². The summed E-state index contributed by atoms with van der Waals surface area (Å²) in [6.45, 7) is 0. The van der Waals surface area contributed by atoms with Crippen molar-refractivity contribution in [1.82, 2.24) is 4.98 Å². The van der Waals surface area contributed by atoms with Crippen molar-refractivity contribution in [3.05, 3.63) is 57.8 Å². The second kappa shape index (κ2) is 5.50. The van der Waals surface area contributed by atoms with Crippen molar-refractivity contribution in [3.63, 3.8) is 0 Å². The molecule has 0 bridgehead atoms. The third-order valence-electron chi connectivity index (χ3n) is 2.21. The molecular weight excluding hydrogens is 297 g/mol. The minimum absolute atomic E-state index is 0.187. The molecule has 1 heterocycles. The Morgan fingerprint density at radius 1 is 1.16 bits per heavy atom. The number of aromatic nitrogens is 1. The Balaban J connectivity index is 2.28. The summed E-state index contributed by atoms with van der Waals surface area (Å²) >= 11 is 11.1. The van der Waals surface area contributed by atoms with Crippen LogP contribution in [0.3, 0.4) is 0 Å². The number of hydrogen-bond donors (Lipinski definition) is 1. The first-order valence-electron chi connectivity index (χ1n) is 5.06. The number of anilines is 1. The molecule has 0 aliphatic rings. The van der Waals surface area contributed by atoms with Gasteiger partial charge in [0.1, 0.15) is 11.0 Å². The van der Waals surface area contributed by atoms with Crippen LogP contribution >= 0.6 is 23.2 Å². The lowest BCUT2D eigenvalue weighted by atomic mass is 10.2. The molecule has 0 fully saturated rings. The van der Waals surface area contributed by atoms with E-state index in [2.05, 4.69) is 10.3 Å². The highest BCUT2D eigenvalue weighted by molar-refractivity contribution is 6.35. The average molecular weight is 303 g/mol. The van der Waals surface area contributed by atoms with Gasteiger partial charge in [0.2, 0.25) is 0 Å². The Morgan fingerprint density at radius 2 is 1.89 bits per heavy atom. The van der Waals surface area contributed by atoms with E-state index in [9.17, 15) is 13.6 Å². The summed E-state index contributed by atoms with van der Waals surface area (Å²) < 4.78 is 26.2. The summed E-state index contributed by atoms with van der Waals surface area (Å²) in [4.78, 5) is 15.3. The maximum absolute atomic E-state index is 13.2. The van der Waals surface area contributed by atoms with Crippen molar-refractivity contribution in [1.29, 1.82) is 0 Å². The van der Waals surface area contributed by atoms with E-state index < -0.39 is 22.7 Å². The van der Waals surface area contributed by atoms with Crippen LogP contribution in [0.4, 0.5) is 14.5 Å². The van der Waals surface area contributed by atoms with Crippen LogP contribution in [-0.2, 0) is 0 Å². The maximum Gasteiger partial charge on any atom is 0.258 e. The fraction of sp³-hybridized carbons (Fsp3) is 0. The zero-order valence-corrected chi connectivity index (χ0v) is 10.8. The van der Waals surface area contributed by atoms with Crippen LogP contribution in [-0.4, -0.2) is 10.9 Å². The van der Waals surface area contributed by atoms with Crippen LogP contribution in [0.25, 0.3) is 0 Å². The Kier molecular flexibility index (Phi) is 3.97. The summed E-state index contributed by atoms with van der Waals surface area (Å²) in [6.07, 6.45) is 0. The molecule has 0 aliphatic carbocycles. The van der Waals surface area contributed by atoms with Gasteiger partial charge in [0, 0.05) is 5.69 Å². The van der Waals surface area contributed by atoms with Crippen molar-refractivity contribution in [3.8, 4) is 0 Å². The molecule has 19 heavy (non-hydrogen) atoms. The number of hydrogen-bond acceptors (Lipinski definition) is 2. The lowest BCUT2D eigenvalue weighted by Crippen LogP contribution is -2.13. The number of nitrogens with zero attached hydrogens (tertiary/aromatic N) is 1. The number of halogens is 4. The van der Waals surface area contributed by atoms with E-state index in [1.165, 1.54) is 18.2 Å². The summed E-state index contributed by atoms with van der Waals surface area (Å²) in [5.74, 6) is -2.08. The van der Waals surface area contributed by atoms with Gasteiger partial charge in [0.25, 0.3) is 5.91 Å². The van der Waals surface area contributed by atoms with Crippen LogP contribution in [0.2, 0.25) is 10.3 Å². The molecule has 98 valence electrons. The minimum atomic E-state index is -0.865. The molecule has 7 heteroatoms. The smallest absolute Gasteiger partial charge is 0.258 e. The molecule has 0 radical (unpaired) electrons. The van der Waals surface area contributed by atoms with Gasteiger partial charge in [-0.3, -0.25) is 4.79 Å². The molecule has 0 saturated carbocycles. The van der Waals surface area contributed by atoms with E-state index in [1.807, 2.05) is 0 Å². The van der Waals surface area contributed by atoms with Crippen LogP contribution in [0.15, 0.2) is 30.3 Å². The van der Waals surface area contributed by atoms with E-state index in [0.29, 0.717) is 0 Å². The van der Waals surface area contributed by atoms with Crippen LogP contribution in [0, 0.1) is 11.6 Å². The molecule has 0 aliphatic heterocycles. The lowest BCUT2D eigenvalue weighted by Gasteiger charge is -2.07. The number of pyridine rings is 1. The summed E-state index contributed by atoms with van der Waals surface area (Å²) in [7, 11) is 0. The minimum Gasteiger partial charge on any atom is -0.322 e. The lowest BCUT2D eigenvalue weighted by molar-refractivity contribution is 0.102. The Labute approximate surface area is 117 Å². The van der Waals surface area contributed by atoms with E-state index in [1.54, 1.807) is 0 Å². The zero-order chi connectivity index (χ0) is 14.0. The molecule has 1 aromatic carbocycles. The van der Waals surface area contributed by atoms with Crippen molar-refractivity contribution >= 4 is 34.8 Å². The van der Waals surface area contributed by atoms with Gasteiger partial charge >= 0.3 is 0 Å². The first-order valence-corrected chi connectivity index (χ1v) is 5.81. The zero-order valence-electron chi connectivity index (χ0n) is 9.25. The monoisotopic (exact) mass is 302 g/mol. The van der Waals surface area contributed by atoms with Crippen molar-refractivity contribution in [2.45, 2.75) is 0 Å². The van der Waals surface area contributed by atoms with Gasteiger partial charge in [0.15, 0.2) is 11.0 Å². The first kappa shape index (κ1) is 13.7. The fourth-order valence-electron chi connectivity index (χ4n) is 1.37. The molecule has 2 aromatic rings. The highest BCUT2D eigenvalue weighted by Gasteiger charge is 2.15. The standard InChI is InChI=1S/C12H6Cl2F2N2O/c13-10-8(5-9(16)11(14)18-10)12(19)17-7-3-1-2-6(15)4-7/h1-5H,(H,17,19). The number of nitrogens with one attached hydrogen (secondary N) is 1. The van der Waals surface area contributed by atoms with Gasteiger partial charge in [0.05, 0.1) is 5.56 Å². The fourth-order valence-corrected chi connectivity index (χ4v) is 1.78. The molecule has 3 nitrogen and oxygen atoms in total. The molecule has 0 atom stereocenters. The summed E-state index contributed by atoms with van der Waals surface area (Å²) in [5.41, 5.74) is 0.0317. The SMILES string of the molecule is O=C(Nc1cccc(F)c1)c1cc(F)c(Cl)nc1Cl. The number of carbonyl (C=O) groups excluding carboxylic acids is 1. The van der Waals surface area contributed by atoms with Gasteiger partial charge in [-0.1, -0.05) is 29.3 Å². The Morgan fingerprint density at radius 3 is 2.58 bits per heavy atom. The molecule has 0 saturated heterocycles. The Bertz CT molecular complexity index is 650. The number of benzene rings is 1. The molecule has 1 amide bonds. The molecule has 1 N–H and O–H groups in total. The van der Waals surface area contributed by atoms with Gasteiger partial charge in [-0.2, -0.15) is 0 Å². The van der Waals surface area contributed by atoms with Gasteiger partial charge in [-0.25, -0.2) is 13.8 Å². The van der Waals surface area contributed by atoms with Crippen molar-refractivity contribution in [2.24, 2.45) is 0 Å². The maximum atomic E-state index is 13.2. The third kappa shape index (κ3) is 3.19. The quantitative estimate of drug-likeness (QED) is 0.854. The van der Waals surface area contributed by atoms with E-state index in [4.69, 9.17) is 23.2 Å². The molecular formula is C12H6Cl2F2N2O. The van der Waals surface area contributed by atoms with Crippen molar-refractivity contribution in [2.75, 3.05) is 5.32 Å². The van der Waals surface area contributed by atoms with E-state index >= 15 is 0 Å². The van der Waals surface area contributed by atoms with E-state index in [0.717, 1.165) is 12.1 Å². The second-order valence-electron chi connectivity index (χ2n) is 3.56. The van der Waals surface area contributed by atoms with Crippen LogP contribution in [0.5, 0.6) is 0 Å². The van der Waals surface area contributed by atoms with Crippen LogP contribution in [0.1, 0.15) is 10.4 Å². The predicted molar refractivity (Wildman–Crippen MR) is 68.6 cm³/mol. The molecule has 0 unspecified atom stereocenters. The summed E-state index contributed by atoms with van der Waals surface area (Å²) in [5, 5.41) is 1.71. The average Bonchev–Trinajstić information content (AvgIpc) is 2.33. The second-order valence-corrected chi connectivity index (χ2v) is 4.28. The van der Waals surface area contributed by atoms with Crippen molar-refractivity contribution < 1.29 is 13.6 Å². The number of carbonyl (C=O) groups is 1. The van der Waals surface area contributed by atoms with Gasteiger partial charge < -0.3 is 5.32 Å². The highest BCUT2D eigenvalue weighted by atomic mass is 35.5. The first-order chi connectivity index (χ1) is 8.97. The molecule has 1 aromatic heterocycles.